The molecular formula is C18H22N2O6S2. The van der Waals surface area contributed by atoms with E-state index in [1.807, 2.05) is 6.92 Å². The molecule has 0 aromatic heterocycles. The lowest BCUT2D eigenvalue weighted by Gasteiger charge is -2.21. The summed E-state index contributed by atoms with van der Waals surface area (Å²) >= 11 is 0. The van der Waals surface area contributed by atoms with Crippen LogP contribution in [0.2, 0.25) is 0 Å². The van der Waals surface area contributed by atoms with Crippen LogP contribution in [0.25, 0.3) is 0 Å². The highest BCUT2D eigenvalue weighted by Crippen LogP contribution is 2.31. The van der Waals surface area contributed by atoms with Gasteiger partial charge in [-0.1, -0.05) is 17.7 Å². The molecule has 0 fully saturated rings. The fourth-order valence-corrected chi connectivity index (χ4v) is 4.71. The number of nitrogens with zero attached hydrogens (tertiary/aromatic N) is 1. The van der Waals surface area contributed by atoms with Gasteiger partial charge in [-0.15, -0.1) is 0 Å². The SMILES string of the molecule is Cc1ccc(S(=O)(=O)N2CCOc3ccc(NS(C)(=O)=O)cc3OCC2)cc1. The van der Waals surface area contributed by atoms with Gasteiger partial charge in [0.25, 0.3) is 0 Å². The summed E-state index contributed by atoms with van der Waals surface area (Å²) in [6.07, 6.45) is 1.06. The van der Waals surface area contributed by atoms with E-state index in [0.717, 1.165) is 11.8 Å². The van der Waals surface area contributed by atoms with Crippen LogP contribution in [0, 0.1) is 6.92 Å². The van der Waals surface area contributed by atoms with E-state index in [1.165, 1.54) is 10.4 Å². The number of hydrogen-bond acceptors (Lipinski definition) is 6. The number of benzene rings is 2. The minimum Gasteiger partial charge on any atom is -0.488 e. The van der Waals surface area contributed by atoms with Crippen molar-refractivity contribution in [3.05, 3.63) is 48.0 Å². The van der Waals surface area contributed by atoms with Crippen LogP contribution in [-0.2, 0) is 20.0 Å². The number of rotatable bonds is 4. The molecule has 0 bridgehead atoms. The van der Waals surface area contributed by atoms with Gasteiger partial charge < -0.3 is 9.47 Å². The van der Waals surface area contributed by atoms with Crippen LogP contribution in [-0.4, -0.2) is 53.7 Å². The molecule has 0 aliphatic carbocycles. The van der Waals surface area contributed by atoms with Gasteiger partial charge in [-0.25, -0.2) is 16.8 Å². The van der Waals surface area contributed by atoms with Gasteiger partial charge in [0.2, 0.25) is 20.0 Å². The monoisotopic (exact) mass is 426 g/mol. The normalized spacial score (nSPS) is 15.9. The summed E-state index contributed by atoms with van der Waals surface area (Å²) in [5.74, 6) is 0.775. The maximum Gasteiger partial charge on any atom is 0.243 e. The Morgan fingerprint density at radius 1 is 0.893 bits per heavy atom. The Morgan fingerprint density at radius 3 is 2.11 bits per heavy atom. The highest BCUT2D eigenvalue weighted by molar-refractivity contribution is 7.92. The first kappa shape index (κ1) is 20.4. The molecule has 0 atom stereocenters. The largest absolute Gasteiger partial charge is 0.488 e. The average Bonchev–Trinajstić information content (AvgIpc) is 2.71. The van der Waals surface area contributed by atoms with Gasteiger partial charge in [0.05, 0.1) is 16.8 Å². The Kier molecular flexibility index (Phi) is 5.82. The van der Waals surface area contributed by atoms with Gasteiger partial charge in [-0.05, 0) is 31.2 Å². The Balaban J connectivity index is 1.78. The molecule has 1 aliphatic heterocycles. The molecule has 0 spiro atoms. The van der Waals surface area contributed by atoms with Crippen molar-refractivity contribution >= 4 is 25.7 Å². The number of anilines is 1. The summed E-state index contributed by atoms with van der Waals surface area (Å²) in [5.41, 5.74) is 1.32. The number of aryl methyl sites for hydroxylation is 1. The third-order valence-electron chi connectivity index (χ3n) is 4.10. The Bertz CT molecular complexity index is 1050. The third kappa shape index (κ3) is 4.94. The molecule has 1 N–H and O–H groups in total. The summed E-state index contributed by atoms with van der Waals surface area (Å²) in [4.78, 5) is 0.217. The van der Waals surface area contributed by atoms with Gasteiger partial charge >= 0.3 is 0 Å². The van der Waals surface area contributed by atoms with Crippen molar-refractivity contribution in [2.75, 3.05) is 37.3 Å². The molecule has 0 amide bonds. The predicted octanol–water partition coefficient (Wildman–Crippen LogP) is 1.83. The second-order valence-corrected chi connectivity index (χ2v) is 10.1. The van der Waals surface area contributed by atoms with Crippen LogP contribution in [0.5, 0.6) is 11.5 Å². The van der Waals surface area contributed by atoms with E-state index >= 15 is 0 Å². The van der Waals surface area contributed by atoms with Crippen LogP contribution >= 0.6 is 0 Å². The summed E-state index contributed by atoms with van der Waals surface area (Å²) in [5, 5.41) is 0. The van der Waals surface area contributed by atoms with Gasteiger partial charge in [-0.3, -0.25) is 4.72 Å². The molecule has 0 radical (unpaired) electrons. The van der Waals surface area contributed by atoms with E-state index < -0.39 is 20.0 Å². The van der Waals surface area contributed by atoms with E-state index in [4.69, 9.17) is 9.47 Å². The van der Waals surface area contributed by atoms with E-state index in [1.54, 1.807) is 36.4 Å². The molecule has 0 saturated carbocycles. The van der Waals surface area contributed by atoms with Crippen molar-refractivity contribution < 1.29 is 26.3 Å². The number of ether oxygens (including phenoxy) is 2. The molecule has 10 heteroatoms. The fourth-order valence-electron chi connectivity index (χ4n) is 2.74. The average molecular weight is 427 g/mol. The maximum absolute atomic E-state index is 12.9. The number of hydrogen-bond donors (Lipinski definition) is 1. The topological polar surface area (TPSA) is 102 Å². The van der Waals surface area contributed by atoms with E-state index in [9.17, 15) is 16.8 Å². The summed E-state index contributed by atoms with van der Waals surface area (Å²) in [6.45, 7) is 2.44. The third-order valence-corrected chi connectivity index (χ3v) is 6.62. The number of fused-ring (bicyclic) bond motifs is 1. The molecular weight excluding hydrogens is 404 g/mol. The first-order valence-electron chi connectivity index (χ1n) is 8.59. The van der Waals surface area contributed by atoms with E-state index in [2.05, 4.69) is 4.72 Å². The zero-order valence-corrected chi connectivity index (χ0v) is 17.2. The minimum absolute atomic E-state index is 0.101. The predicted molar refractivity (Wildman–Crippen MR) is 106 cm³/mol. The zero-order chi connectivity index (χ0) is 20.4. The molecule has 1 aliphatic rings. The van der Waals surface area contributed by atoms with Crippen molar-refractivity contribution in [2.24, 2.45) is 0 Å². The van der Waals surface area contributed by atoms with Gasteiger partial charge in [-0.2, -0.15) is 4.31 Å². The highest BCUT2D eigenvalue weighted by atomic mass is 32.2. The standard InChI is InChI=1S/C18H22N2O6S2/c1-14-3-6-16(7-4-14)28(23,24)20-9-11-25-17-8-5-15(19-27(2,21)22)13-18(17)26-12-10-20/h3-8,13,19H,9-12H2,1-2H3. The first-order valence-corrected chi connectivity index (χ1v) is 11.9. The Hall–Kier alpha value is -2.30. The molecule has 152 valence electrons. The van der Waals surface area contributed by atoms with E-state index in [-0.39, 0.29) is 31.2 Å². The van der Waals surface area contributed by atoms with E-state index in [0.29, 0.717) is 17.2 Å². The molecule has 2 aromatic rings. The summed E-state index contributed by atoms with van der Waals surface area (Å²) < 4.78 is 63.6. The van der Waals surface area contributed by atoms with Crippen molar-refractivity contribution in [3.8, 4) is 11.5 Å². The summed E-state index contributed by atoms with van der Waals surface area (Å²) in [7, 11) is -7.10. The smallest absolute Gasteiger partial charge is 0.243 e. The van der Waals surface area contributed by atoms with Crippen molar-refractivity contribution in [1.82, 2.24) is 4.31 Å². The second-order valence-electron chi connectivity index (χ2n) is 6.45. The van der Waals surface area contributed by atoms with Crippen molar-refractivity contribution in [2.45, 2.75) is 11.8 Å². The van der Waals surface area contributed by atoms with Crippen molar-refractivity contribution in [1.29, 1.82) is 0 Å². The Morgan fingerprint density at radius 2 is 1.50 bits per heavy atom. The zero-order valence-electron chi connectivity index (χ0n) is 15.6. The van der Waals surface area contributed by atoms with Crippen LogP contribution in [0.3, 0.4) is 0 Å². The lowest BCUT2D eigenvalue weighted by molar-refractivity contribution is 0.271. The molecule has 0 saturated heterocycles. The van der Waals surface area contributed by atoms with Crippen LogP contribution in [0.4, 0.5) is 5.69 Å². The minimum atomic E-state index is -3.67. The molecule has 1 heterocycles. The van der Waals surface area contributed by atoms with Crippen molar-refractivity contribution in [3.63, 3.8) is 0 Å². The maximum atomic E-state index is 12.9. The molecule has 28 heavy (non-hydrogen) atoms. The van der Waals surface area contributed by atoms with Crippen LogP contribution < -0.4 is 14.2 Å². The highest BCUT2D eigenvalue weighted by Gasteiger charge is 2.25. The van der Waals surface area contributed by atoms with Crippen LogP contribution in [0.15, 0.2) is 47.4 Å². The lowest BCUT2D eigenvalue weighted by atomic mass is 10.2. The second kappa shape index (κ2) is 7.98. The molecule has 0 unspecified atom stereocenters. The first-order chi connectivity index (χ1) is 13.1. The fraction of sp³-hybridized carbons (Fsp3) is 0.333. The lowest BCUT2D eigenvalue weighted by Crippen LogP contribution is -2.37. The Labute approximate surface area is 165 Å². The molecule has 2 aromatic carbocycles. The van der Waals surface area contributed by atoms with Gasteiger partial charge in [0.15, 0.2) is 11.5 Å². The quantitative estimate of drug-likeness (QED) is 0.800. The number of nitrogens with one attached hydrogen (secondary N) is 1. The van der Waals surface area contributed by atoms with Crippen LogP contribution in [0.1, 0.15) is 5.56 Å². The van der Waals surface area contributed by atoms with Gasteiger partial charge in [0, 0.05) is 19.2 Å². The van der Waals surface area contributed by atoms with Gasteiger partial charge in [0.1, 0.15) is 13.2 Å². The molecule has 8 nitrogen and oxygen atoms in total. The summed E-state index contributed by atoms with van der Waals surface area (Å²) in [6, 6.07) is 11.3. The molecule has 3 rings (SSSR count). The number of sulfonamides is 2.